The van der Waals surface area contributed by atoms with E-state index in [1.165, 1.54) is 11.1 Å². The number of carboxylic acids is 1. The van der Waals surface area contributed by atoms with Crippen molar-refractivity contribution in [3.05, 3.63) is 35.0 Å². The zero-order valence-corrected chi connectivity index (χ0v) is 12.5. The number of carboxylic acid groups (broad SMARTS) is 1. The van der Waals surface area contributed by atoms with Crippen molar-refractivity contribution in [1.29, 1.82) is 0 Å². The van der Waals surface area contributed by atoms with E-state index in [1.807, 2.05) is 13.2 Å². The zero-order chi connectivity index (χ0) is 15.1. The van der Waals surface area contributed by atoms with Crippen molar-refractivity contribution in [2.45, 2.75) is 32.5 Å². The van der Waals surface area contributed by atoms with E-state index in [0.29, 0.717) is 6.42 Å². The molecule has 0 spiro atoms. The minimum atomic E-state index is -0.953. The van der Waals surface area contributed by atoms with Gasteiger partial charge in [-0.2, -0.15) is 0 Å². The van der Waals surface area contributed by atoms with Crippen molar-refractivity contribution in [2.24, 2.45) is 12.8 Å². The summed E-state index contributed by atoms with van der Waals surface area (Å²) in [7, 11) is 2.00. The van der Waals surface area contributed by atoms with Crippen LogP contribution >= 0.6 is 0 Å². The molecule has 2 heterocycles. The predicted octanol–water partition coefficient (Wildman–Crippen LogP) is 1.47. The van der Waals surface area contributed by atoms with Crippen LogP contribution in [0.5, 0.6) is 0 Å². The number of hydrogen-bond donors (Lipinski definition) is 2. The van der Waals surface area contributed by atoms with Crippen molar-refractivity contribution in [2.75, 3.05) is 6.54 Å². The first-order chi connectivity index (χ1) is 9.99. The molecule has 5 nitrogen and oxygen atoms in total. The molecule has 1 atom stereocenters. The topological polar surface area (TPSA) is 71.5 Å². The molecule has 1 aromatic carbocycles. The van der Waals surface area contributed by atoms with Crippen molar-refractivity contribution in [1.82, 2.24) is 9.47 Å². The van der Waals surface area contributed by atoms with Crippen LogP contribution in [0.1, 0.15) is 23.6 Å². The van der Waals surface area contributed by atoms with Crippen molar-refractivity contribution in [3.8, 4) is 0 Å². The fourth-order valence-electron chi connectivity index (χ4n) is 3.14. The molecular formula is C16H21N3O2. The maximum atomic E-state index is 11.0. The molecule has 0 bridgehead atoms. The molecule has 112 valence electrons. The molecule has 0 radical (unpaired) electrons. The van der Waals surface area contributed by atoms with Gasteiger partial charge in [0.05, 0.1) is 0 Å². The Kier molecular flexibility index (Phi) is 3.47. The average molecular weight is 287 g/mol. The van der Waals surface area contributed by atoms with E-state index in [-0.39, 0.29) is 0 Å². The van der Waals surface area contributed by atoms with Crippen LogP contribution in [-0.4, -0.2) is 33.1 Å². The molecule has 1 aliphatic heterocycles. The molecule has 0 fully saturated rings. The highest BCUT2D eigenvalue weighted by atomic mass is 16.4. The highest BCUT2D eigenvalue weighted by Gasteiger charge is 2.21. The van der Waals surface area contributed by atoms with Crippen LogP contribution in [0.25, 0.3) is 10.9 Å². The quantitative estimate of drug-likeness (QED) is 0.893. The van der Waals surface area contributed by atoms with E-state index >= 15 is 0 Å². The van der Waals surface area contributed by atoms with Gasteiger partial charge >= 0.3 is 5.97 Å². The van der Waals surface area contributed by atoms with E-state index in [9.17, 15) is 4.79 Å². The van der Waals surface area contributed by atoms with Crippen molar-refractivity contribution < 1.29 is 9.90 Å². The molecule has 3 N–H and O–H groups in total. The summed E-state index contributed by atoms with van der Waals surface area (Å²) in [4.78, 5) is 13.4. The second-order valence-electron chi connectivity index (χ2n) is 5.86. The van der Waals surface area contributed by atoms with Gasteiger partial charge in [-0.15, -0.1) is 0 Å². The SMILES string of the molecule is CCN1Cc2cc3c(CC(N)C(=O)O)cn(C)c3cc2C1. The summed E-state index contributed by atoms with van der Waals surface area (Å²) in [6.45, 7) is 5.18. The molecule has 0 saturated carbocycles. The van der Waals surface area contributed by atoms with E-state index in [0.717, 1.165) is 36.1 Å². The Morgan fingerprint density at radius 2 is 2.05 bits per heavy atom. The molecule has 0 saturated heterocycles. The van der Waals surface area contributed by atoms with Crippen LogP contribution in [0.15, 0.2) is 18.3 Å². The summed E-state index contributed by atoms with van der Waals surface area (Å²) in [6.07, 6.45) is 2.36. The van der Waals surface area contributed by atoms with E-state index in [4.69, 9.17) is 10.8 Å². The second kappa shape index (κ2) is 5.16. The number of fused-ring (bicyclic) bond motifs is 2. The summed E-state index contributed by atoms with van der Waals surface area (Å²) in [5, 5.41) is 10.1. The van der Waals surface area contributed by atoms with Gasteiger partial charge in [-0.05, 0) is 35.4 Å². The maximum Gasteiger partial charge on any atom is 0.320 e. The van der Waals surface area contributed by atoms with Crippen molar-refractivity contribution in [3.63, 3.8) is 0 Å². The maximum absolute atomic E-state index is 11.0. The summed E-state index contributed by atoms with van der Waals surface area (Å²) < 4.78 is 2.06. The number of rotatable bonds is 4. The Morgan fingerprint density at radius 3 is 2.67 bits per heavy atom. The number of nitrogens with two attached hydrogens (primary N) is 1. The lowest BCUT2D eigenvalue weighted by Crippen LogP contribution is -2.32. The first-order valence-corrected chi connectivity index (χ1v) is 7.30. The number of benzene rings is 1. The van der Waals surface area contributed by atoms with E-state index < -0.39 is 12.0 Å². The molecule has 1 aliphatic rings. The smallest absolute Gasteiger partial charge is 0.320 e. The lowest BCUT2D eigenvalue weighted by molar-refractivity contribution is -0.138. The van der Waals surface area contributed by atoms with Gasteiger partial charge in [0.2, 0.25) is 0 Å². The van der Waals surface area contributed by atoms with Gasteiger partial charge in [0.1, 0.15) is 6.04 Å². The number of aliphatic carboxylic acids is 1. The number of aryl methyl sites for hydroxylation is 1. The zero-order valence-electron chi connectivity index (χ0n) is 12.5. The first-order valence-electron chi connectivity index (χ1n) is 7.30. The van der Waals surface area contributed by atoms with Gasteiger partial charge in [0, 0.05) is 43.7 Å². The van der Waals surface area contributed by atoms with Gasteiger partial charge in [-0.3, -0.25) is 9.69 Å². The molecule has 0 aliphatic carbocycles. The third-order valence-electron chi connectivity index (χ3n) is 4.39. The Hall–Kier alpha value is -1.85. The van der Waals surface area contributed by atoms with Gasteiger partial charge in [-0.25, -0.2) is 0 Å². The Bertz CT molecular complexity index is 705. The minimum absolute atomic E-state index is 0.364. The number of hydrogen-bond acceptors (Lipinski definition) is 3. The third kappa shape index (κ3) is 2.43. The number of aromatic nitrogens is 1. The largest absolute Gasteiger partial charge is 0.480 e. The normalized spacial score (nSPS) is 16.3. The fourth-order valence-corrected chi connectivity index (χ4v) is 3.14. The molecule has 1 unspecified atom stereocenters. The Balaban J connectivity index is 2.02. The molecule has 2 aromatic rings. The summed E-state index contributed by atoms with van der Waals surface area (Å²) >= 11 is 0. The van der Waals surface area contributed by atoms with E-state index in [1.54, 1.807) is 0 Å². The minimum Gasteiger partial charge on any atom is -0.480 e. The van der Waals surface area contributed by atoms with Crippen molar-refractivity contribution >= 4 is 16.9 Å². The summed E-state index contributed by atoms with van der Waals surface area (Å²) in [5.41, 5.74) is 10.6. The second-order valence-corrected chi connectivity index (χ2v) is 5.86. The van der Waals surface area contributed by atoms with Crippen LogP contribution < -0.4 is 5.73 Å². The van der Waals surface area contributed by atoms with Crippen LogP contribution in [0.2, 0.25) is 0 Å². The van der Waals surface area contributed by atoms with Crippen LogP contribution in [0.3, 0.4) is 0 Å². The van der Waals surface area contributed by atoms with Crippen LogP contribution in [0, 0.1) is 0 Å². The lowest BCUT2D eigenvalue weighted by Gasteiger charge is -2.09. The average Bonchev–Trinajstić information content (AvgIpc) is 2.98. The highest BCUT2D eigenvalue weighted by molar-refractivity contribution is 5.86. The van der Waals surface area contributed by atoms with Crippen LogP contribution in [-0.2, 0) is 31.4 Å². The molecule has 5 heteroatoms. The van der Waals surface area contributed by atoms with Gasteiger partial charge in [0.15, 0.2) is 0 Å². The molecule has 21 heavy (non-hydrogen) atoms. The van der Waals surface area contributed by atoms with E-state index in [2.05, 4.69) is 28.5 Å². The summed E-state index contributed by atoms with van der Waals surface area (Å²) in [5.74, 6) is -0.953. The number of carbonyl (C=O) groups is 1. The third-order valence-corrected chi connectivity index (χ3v) is 4.39. The molecule has 3 rings (SSSR count). The highest BCUT2D eigenvalue weighted by Crippen LogP contribution is 2.30. The number of nitrogens with zero attached hydrogens (tertiary/aromatic N) is 2. The van der Waals surface area contributed by atoms with Crippen LogP contribution in [0.4, 0.5) is 0 Å². The summed E-state index contributed by atoms with van der Waals surface area (Å²) in [6, 6.07) is 3.59. The van der Waals surface area contributed by atoms with Gasteiger partial charge in [-0.1, -0.05) is 6.92 Å². The molecular weight excluding hydrogens is 266 g/mol. The standard InChI is InChI=1S/C16H21N3O2/c1-3-19-8-10-4-13-12(5-14(17)16(20)21)7-18(2)15(13)6-11(10)9-19/h4,6-7,14H,3,5,8-9,17H2,1-2H3,(H,20,21). The first kappa shape index (κ1) is 14.1. The predicted molar refractivity (Wildman–Crippen MR) is 82.0 cm³/mol. The Morgan fingerprint density at radius 1 is 1.38 bits per heavy atom. The lowest BCUT2D eigenvalue weighted by atomic mass is 10.0. The van der Waals surface area contributed by atoms with Gasteiger partial charge < -0.3 is 15.4 Å². The Labute approximate surface area is 124 Å². The van der Waals surface area contributed by atoms with Gasteiger partial charge in [0.25, 0.3) is 0 Å². The molecule has 0 amide bonds. The monoisotopic (exact) mass is 287 g/mol. The fraction of sp³-hybridized carbons (Fsp3) is 0.438. The molecule has 1 aromatic heterocycles.